The summed E-state index contributed by atoms with van der Waals surface area (Å²) in [4.78, 5) is 0. The molecular weight excluding hydrogens is 248 g/mol. The Morgan fingerprint density at radius 1 is 1.33 bits per heavy atom. The van der Waals surface area contributed by atoms with Crippen LogP contribution in [0.1, 0.15) is 11.3 Å². The van der Waals surface area contributed by atoms with Crippen molar-refractivity contribution in [3.05, 3.63) is 47.9 Å². The summed E-state index contributed by atoms with van der Waals surface area (Å²) in [5.41, 5.74) is 1.50. The van der Waals surface area contributed by atoms with Crippen LogP contribution in [-0.4, -0.2) is 17.5 Å². The van der Waals surface area contributed by atoms with Gasteiger partial charge in [-0.15, -0.1) is 0 Å². The minimum absolute atomic E-state index is 0.569. The molecule has 1 aromatic carbocycles. The lowest BCUT2D eigenvalue weighted by atomic mass is 10.2. The number of rotatable bonds is 6. The fourth-order valence-electron chi connectivity index (χ4n) is 1.38. The largest absolute Gasteiger partial charge is 0.491 e. The Morgan fingerprint density at radius 2 is 2.22 bits per heavy atom. The van der Waals surface area contributed by atoms with Crippen molar-refractivity contribution in [3.63, 3.8) is 0 Å². The van der Waals surface area contributed by atoms with E-state index in [0.717, 1.165) is 17.2 Å². The fourth-order valence-corrected chi connectivity index (χ4v) is 2.09. The topological polar surface area (TPSA) is 59.0 Å². The van der Waals surface area contributed by atoms with Crippen molar-refractivity contribution in [1.29, 1.82) is 5.26 Å². The second kappa shape index (κ2) is 6.72. The number of nitriles is 1. The molecule has 0 aliphatic carbocycles. The fraction of sp³-hybridized carbons (Fsp3) is 0.231. The van der Waals surface area contributed by atoms with Crippen LogP contribution in [0, 0.1) is 11.3 Å². The van der Waals surface area contributed by atoms with Crippen LogP contribution in [0.3, 0.4) is 0 Å². The van der Waals surface area contributed by atoms with Gasteiger partial charge in [-0.2, -0.15) is 17.0 Å². The van der Waals surface area contributed by atoms with Gasteiger partial charge in [0.15, 0.2) is 0 Å². The van der Waals surface area contributed by atoms with E-state index < -0.39 is 0 Å². The van der Waals surface area contributed by atoms with Crippen LogP contribution in [0.15, 0.2) is 41.1 Å². The molecule has 2 aromatic rings. The molecule has 5 heteroatoms. The Bertz CT molecular complexity index is 520. The van der Waals surface area contributed by atoms with Gasteiger partial charge < -0.3 is 9.26 Å². The van der Waals surface area contributed by atoms with E-state index in [1.807, 2.05) is 18.2 Å². The summed E-state index contributed by atoms with van der Waals surface area (Å²) in [6.45, 7) is 0.571. The molecule has 0 saturated carbocycles. The van der Waals surface area contributed by atoms with E-state index in [9.17, 15) is 0 Å². The van der Waals surface area contributed by atoms with Crippen LogP contribution < -0.4 is 4.74 Å². The molecule has 0 radical (unpaired) electrons. The van der Waals surface area contributed by atoms with Gasteiger partial charge in [0.25, 0.3) is 0 Å². The third kappa shape index (κ3) is 3.54. The van der Waals surface area contributed by atoms with Crippen molar-refractivity contribution in [2.75, 3.05) is 12.4 Å². The Balaban J connectivity index is 1.71. The van der Waals surface area contributed by atoms with Gasteiger partial charge in [0.1, 0.15) is 18.1 Å². The van der Waals surface area contributed by atoms with Crippen LogP contribution in [0.5, 0.6) is 5.75 Å². The number of benzene rings is 1. The Kier molecular flexibility index (Phi) is 4.68. The Morgan fingerprint density at radius 3 is 3.00 bits per heavy atom. The lowest BCUT2D eigenvalue weighted by molar-refractivity contribution is 0.343. The highest BCUT2D eigenvalue weighted by Gasteiger charge is 2.01. The zero-order valence-electron chi connectivity index (χ0n) is 9.70. The normalized spacial score (nSPS) is 9.94. The molecule has 92 valence electrons. The van der Waals surface area contributed by atoms with E-state index in [4.69, 9.17) is 14.5 Å². The molecule has 0 atom stereocenters. The molecule has 4 nitrogen and oxygen atoms in total. The molecule has 1 heterocycles. The summed E-state index contributed by atoms with van der Waals surface area (Å²) in [5, 5.41) is 12.7. The van der Waals surface area contributed by atoms with Crippen molar-refractivity contribution >= 4 is 11.8 Å². The first kappa shape index (κ1) is 12.5. The summed E-state index contributed by atoms with van der Waals surface area (Å²) in [6.07, 6.45) is 1.57. The average molecular weight is 260 g/mol. The molecule has 0 saturated heterocycles. The minimum atomic E-state index is 0.569. The second-order valence-corrected chi connectivity index (χ2v) is 4.60. The van der Waals surface area contributed by atoms with E-state index in [2.05, 4.69) is 11.2 Å². The SMILES string of the molecule is N#Cc1ccccc1OCCSCc1ccon1. The van der Waals surface area contributed by atoms with Gasteiger partial charge in [0, 0.05) is 17.6 Å². The number of hydrogen-bond donors (Lipinski definition) is 0. The van der Waals surface area contributed by atoms with Gasteiger partial charge in [-0.05, 0) is 12.1 Å². The van der Waals surface area contributed by atoms with Crippen LogP contribution in [0.4, 0.5) is 0 Å². The summed E-state index contributed by atoms with van der Waals surface area (Å²) in [7, 11) is 0. The van der Waals surface area contributed by atoms with Crippen LogP contribution in [-0.2, 0) is 5.75 Å². The van der Waals surface area contributed by atoms with Crippen molar-refractivity contribution < 1.29 is 9.26 Å². The van der Waals surface area contributed by atoms with Gasteiger partial charge in [-0.25, -0.2) is 0 Å². The maximum absolute atomic E-state index is 8.89. The van der Waals surface area contributed by atoms with Gasteiger partial charge >= 0.3 is 0 Å². The van der Waals surface area contributed by atoms with E-state index >= 15 is 0 Å². The second-order valence-electron chi connectivity index (χ2n) is 3.50. The molecule has 2 rings (SSSR count). The third-order valence-corrected chi connectivity index (χ3v) is 3.19. The summed E-state index contributed by atoms with van der Waals surface area (Å²) in [5.74, 6) is 2.29. The highest BCUT2D eigenvalue weighted by Crippen LogP contribution is 2.17. The highest BCUT2D eigenvalue weighted by atomic mass is 32.2. The number of hydrogen-bond acceptors (Lipinski definition) is 5. The molecular formula is C13H12N2O2S. The van der Waals surface area contributed by atoms with Crippen LogP contribution >= 0.6 is 11.8 Å². The standard InChI is InChI=1S/C13H12N2O2S/c14-9-11-3-1-2-4-13(11)16-7-8-18-10-12-5-6-17-15-12/h1-6H,7-8,10H2. The predicted octanol–water partition coefficient (Wildman–Crippen LogP) is 2.86. The molecule has 0 spiro atoms. The summed E-state index contributed by atoms with van der Waals surface area (Å²) >= 11 is 1.71. The zero-order valence-corrected chi connectivity index (χ0v) is 10.5. The maximum Gasteiger partial charge on any atom is 0.137 e. The van der Waals surface area contributed by atoms with Crippen molar-refractivity contribution in [2.24, 2.45) is 0 Å². The first-order valence-corrected chi connectivity index (χ1v) is 6.64. The zero-order chi connectivity index (χ0) is 12.6. The molecule has 0 unspecified atom stereocenters. The molecule has 0 aliphatic heterocycles. The van der Waals surface area contributed by atoms with Crippen molar-refractivity contribution in [3.8, 4) is 11.8 Å². The number of aromatic nitrogens is 1. The Hall–Kier alpha value is -1.93. The summed E-state index contributed by atoms with van der Waals surface area (Å²) in [6, 6.07) is 11.2. The smallest absolute Gasteiger partial charge is 0.137 e. The minimum Gasteiger partial charge on any atom is -0.491 e. The molecule has 0 bridgehead atoms. The predicted molar refractivity (Wildman–Crippen MR) is 69.3 cm³/mol. The number of thioether (sulfide) groups is 1. The highest BCUT2D eigenvalue weighted by molar-refractivity contribution is 7.98. The lowest BCUT2D eigenvalue weighted by Crippen LogP contribution is -2.01. The molecule has 0 amide bonds. The van der Waals surface area contributed by atoms with E-state index in [1.54, 1.807) is 30.2 Å². The number of ether oxygens (including phenoxy) is 1. The molecule has 0 N–H and O–H groups in total. The van der Waals surface area contributed by atoms with Crippen molar-refractivity contribution in [1.82, 2.24) is 5.16 Å². The third-order valence-electron chi connectivity index (χ3n) is 2.23. The van der Waals surface area contributed by atoms with E-state index in [1.165, 1.54) is 0 Å². The first-order valence-electron chi connectivity index (χ1n) is 5.49. The average Bonchev–Trinajstić information content (AvgIpc) is 2.92. The van der Waals surface area contributed by atoms with E-state index in [0.29, 0.717) is 17.9 Å². The maximum atomic E-state index is 8.89. The lowest BCUT2D eigenvalue weighted by Gasteiger charge is -2.06. The van der Waals surface area contributed by atoms with Crippen LogP contribution in [0.25, 0.3) is 0 Å². The monoisotopic (exact) mass is 260 g/mol. The van der Waals surface area contributed by atoms with Gasteiger partial charge in [-0.1, -0.05) is 17.3 Å². The Labute approximate surface area is 110 Å². The first-order chi connectivity index (χ1) is 8.90. The molecule has 1 aromatic heterocycles. The molecule has 18 heavy (non-hydrogen) atoms. The van der Waals surface area contributed by atoms with E-state index in [-0.39, 0.29) is 0 Å². The molecule has 0 aliphatic rings. The molecule has 0 fully saturated rings. The van der Waals surface area contributed by atoms with Gasteiger partial charge in [0.2, 0.25) is 0 Å². The van der Waals surface area contributed by atoms with Crippen molar-refractivity contribution in [2.45, 2.75) is 5.75 Å². The summed E-state index contributed by atoms with van der Waals surface area (Å²) < 4.78 is 10.3. The number of para-hydroxylation sites is 1. The number of nitrogens with zero attached hydrogens (tertiary/aromatic N) is 2. The quantitative estimate of drug-likeness (QED) is 0.747. The van der Waals surface area contributed by atoms with Gasteiger partial charge in [-0.3, -0.25) is 0 Å². The van der Waals surface area contributed by atoms with Crippen LogP contribution in [0.2, 0.25) is 0 Å². The van der Waals surface area contributed by atoms with Gasteiger partial charge in [0.05, 0.1) is 17.9 Å².